The number of hydrogen-bond donors (Lipinski definition) is 0. The zero-order chi connectivity index (χ0) is 15.5. The fourth-order valence-electron chi connectivity index (χ4n) is 3.52. The molecule has 3 heterocycles. The van der Waals surface area contributed by atoms with Crippen LogP contribution in [0.25, 0.3) is 0 Å². The number of aromatic nitrogens is 2. The van der Waals surface area contributed by atoms with Gasteiger partial charge in [-0.3, -0.25) is 14.2 Å². The Balaban J connectivity index is 1.48. The molecule has 1 aromatic heterocycles. The first-order valence-electron chi connectivity index (χ1n) is 8.12. The molecule has 1 aromatic rings. The number of hydrogen-bond acceptors (Lipinski definition) is 4. The van der Waals surface area contributed by atoms with Crippen molar-refractivity contribution in [2.24, 2.45) is 5.92 Å². The molecule has 2 fully saturated rings. The van der Waals surface area contributed by atoms with E-state index in [-0.39, 0.29) is 11.5 Å². The maximum Gasteiger partial charge on any atom is 0.253 e. The second-order valence-electron chi connectivity index (χ2n) is 6.51. The summed E-state index contributed by atoms with van der Waals surface area (Å²) in [6, 6.07) is 1.90. The lowest BCUT2D eigenvalue weighted by Gasteiger charge is -2.35. The maximum atomic E-state index is 11.7. The molecule has 0 radical (unpaired) electrons. The maximum absolute atomic E-state index is 11.7. The first-order chi connectivity index (χ1) is 10.6. The van der Waals surface area contributed by atoms with Crippen LogP contribution in [0.4, 0.5) is 0 Å². The Hall–Kier alpha value is -1.69. The molecule has 6 heteroatoms. The zero-order valence-electron chi connectivity index (χ0n) is 13.1. The van der Waals surface area contributed by atoms with E-state index in [1.54, 1.807) is 17.1 Å². The van der Waals surface area contributed by atoms with Gasteiger partial charge in [-0.2, -0.15) is 0 Å². The number of carbonyl (C=O) groups excluding carboxylic acids is 1. The van der Waals surface area contributed by atoms with Crippen LogP contribution in [0.3, 0.4) is 0 Å². The number of piperidine rings is 1. The first-order valence-corrected chi connectivity index (χ1v) is 8.12. The van der Waals surface area contributed by atoms with Gasteiger partial charge in [-0.15, -0.1) is 0 Å². The van der Waals surface area contributed by atoms with Crippen LogP contribution in [0.2, 0.25) is 0 Å². The van der Waals surface area contributed by atoms with Crippen molar-refractivity contribution in [2.45, 2.75) is 38.3 Å². The number of likely N-dealkylation sites (N-methyl/N-ethyl adjacent to an activating group) is 1. The van der Waals surface area contributed by atoms with Gasteiger partial charge in [0.1, 0.15) is 0 Å². The minimum Gasteiger partial charge on any atom is -0.341 e. The predicted molar refractivity (Wildman–Crippen MR) is 83.5 cm³/mol. The van der Waals surface area contributed by atoms with Crippen molar-refractivity contribution in [1.82, 2.24) is 19.4 Å². The Kier molecular flexibility index (Phi) is 4.57. The Morgan fingerprint density at radius 1 is 1.18 bits per heavy atom. The molecule has 1 atom stereocenters. The topological polar surface area (TPSA) is 58.4 Å². The molecule has 2 aliphatic rings. The minimum atomic E-state index is 0.0310. The van der Waals surface area contributed by atoms with E-state index in [1.165, 1.54) is 6.07 Å². The predicted octanol–water partition coefficient (Wildman–Crippen LogP) is 0.576. The number of nitrogens with zero attached hydrogens (tertiary/aromatic N) is 4. The van der Waals surface area contributed by atoms with Crippen LogP contribution < -0.4 is 5.56 Å². The fourth-order valence-corrected chi connectivity index (χ4v) is 3.52. The molecule has 2 aliphatic heterocycles. The number of rotatable bonds is 4. The molecule has 0 spiro atoms. The van der Waals surface area contributed by atoms with Crippen molar-refractivity contribution >= 4 is 5.91 Å². The van der Waals surface area contributed by atoms with E-state index in [4.69, 9.17) is 0 Å². The lowest BCUT2D eigenvalue weighted by Crippen LogP contribution is -2.44. The first kappa shape index (κ1) is 15.2. The Morgan fingerprint density at radius 2 is 1.95 bits per heavy atom. The van der Waals surface area contributed by atoms with E-state index < -0.39 is 0 Å². The summed E-state index contributed by atoms with van der Waals surface area (Å²) in [6.45, 7) is 3.86. The van der Waals surface area contributed by atoms with Gasteiger partial charge in [-0.25, -0.2) is 4.98 Å². The van der Waals surface area contributed by atoms with Crippen LogP contribution >= 0.6 is 0 Å². The van der Waals surface area contributed by atoms with Crippen molar-refractivity contribution in [1.29, 1.82) is 0 Å². The van der Waals surface area contributed by atoms with Crippen LogP contribution in [-0.4, -0.2) is 58.0 Å². The zero-order valence-corrected chi connectivity index (χ0v) is 13.1. The minimum absolute atomic E-state index is 0.0310. The molecule has 0 saturated carbocycles. The normalized spacial score (nSPS) is 24.1. The molecular formula is C16H24N4O2. The molecule has 1 amide bonds. The standard InChI is InChI=1S/C16H24N4O2/c1-18-14(2-3-15(18)21)11-19-8-5-13(6-9-19)10-20-12-17-7-4-16(20)22/h4,7,12-14H,2-3,5-6,8-11H2,1H3. The van der Waals surface area contributed by atoms with E-state index in [0.29, 0.717) is 18.4 Å². The molecule has 2 saturated heterocycles. The van der Waals surface area contributed by atoms with Gasteiger partial charge in [0.05, 0.1) is 6.33 Å². The monoisotopic (exact) mass is 304 g/mol. The molecule has 0 aromatic carbocycles. The summed E-state index contributed by atoms with van der Waals surface area (Å²) < 4.78 is 1.71. The van der Waals surface area contributed by atoms with E-state index in [1.807, 2.05) is 11.9 Å². The molecule has 6 nitrogen and oxygen atoms in total. The third kappa shape index (κ3) is 3.38. The number of amides is 1. The van der Waals surface area contributed by atoms with Crippen LogP contribution in [0.1, 0.15) is 25.7 Å². The number of likely N-dealkylation sites (tertiary alicyclic amines) is 2. The summed E-state index contributed by atoms with van der Waals surface area (Å²) in [4.78, 5) is 31.7. The van der Waals surface area contributed by atoms with Gasteiger partial charge in [0.15, 0.2) is 0 Å². The summed E-state index contributed by atoms with van der Waals surface area (Å²) in [6.07, 6.45) is 7.06. The van der Waals surface area contributed by atoms with Crippen LogP contribution in [0.15, 0.2) is 23.4 Å². The second kappa shape index (κ2) is 6.60. The lowest BCUT2D eigenvalue weighted by molar-refractivity contribution is -0.127. The third-order valence-corrected chi connectivity index (χ3v) is 5.06. The highest BCUT2D eigenvalue weighted by atomic mass is 16.2. The second-order valence-corrected chi connectivity index (χ2v) is 6.51. The van der Waals surface area contributed by atoms with Crippen LogP contribution in [-0.2, 0) is 11.3 Å². The summed E-state index contributed by atoms with van der Waals surface area (Å²) in [7, 11) is 1.92. The van der Waals surface area contributed by atoms with Crippen LogP contribution in [0, 0.1) is 5.92 Å². The fraction of sp³-hybridized carbons (Fsp3) is 0.688. The average Bonchev–Trinajstić information content (AvgIpc) is 2.83. The van der Waals surface area contributed by atoms with Gasteiger partial charge in [0.2, 0.25) is 5.91 Å². The molecular weight excluding hydrogens is 280 g/mol. The van der Waals surface area contributed by atoms with Crippen molar-refractivity contribution < 1.29 is 4.79 Å². The van der Waals surface area contributed by atoms with Crippen LogP contribution in [0.5, 0.6) is 0 Å². The molecule has 0 aliphatic carbocycles. The van der Waals surface area contributed by atoms with E-state index in [2.05, 4.69) is 9.88 Å². The highest BCUT2D eigenvalue weighted by molar-refractivity contribution is 5.78. The highest BCUT2D eigenvalue weighted by Gasteiger charge is 2.30. The van der Waals surface area contributed by atoms with Gasteiger partial charge in [0.25, 0.3) is 5.56 Å². The Morgan fingerprint density at radius 3 is 2.59 bits per heavy atom. The molecule has 120 valence electrons. The van der Waals surface area contributed by atoms with Crippen molar-refractivity contribution in [3.8, 4) is 0 Å². The van der Waals surface area contributed by atoms with Gasteiger partial charge < -0.3 is 9.80 Å². The van der Waals surface area contributed by atoms with E-state index in [0.717, 1.165) is 45.4 Å². The molecule has 3 rings (SSSR count). The lowest BCUT2D eigenvalue weighted by atomic mass is 9.96. The summed E-state index contributed by atoms with van der Waals surface area (Å²) in [5, 5.41) is 0. The SMILES string of the molecule is CN1C(=O)CCC1CN1CCC(Cn2cnccc2=O)CC1. The summed E-state index contributed by atoms with van der Waals surface area (Å²) in [5.41, 5.74) is 0.0310. The molecule has 22 heavy (non-hydrogen) atoms. The summed E-state index contributed by atoms with van der Waals surface area (Å²) in [5.74, 6) is 0.817. The van der Waals surface area contributed by atoms with Crippen molar-refractivity contribution in [2.75, 3.05) is 26.7 Å². The smallest absolute Gasteiger partial charge is 0.253 e. The van der Waals surface area contributed by atoms with E-state index >= 15 is 0 Å². The van der Waals surface area contributed by atoms with E-state index in [9.17, 15) is 9.59 Å². The van der Waals surface area contributed by atoms with Gasteiger partial charge >= 0.3 is 0 Å². The molecule has 0 bridgehead atoms. The van der Waals surface area contributed by atoms with Gasteiger partial charge in [-0.05, 0) is 38.3 Å². The third-order valence-electron chi connectivity index (χ3n) is 5.06. The molecule has 1 unspecified atom stereocenters. The quantitative estimate of drug-likeness (QED) is 0.816. The molecule has 0 N–H and O–H groups in total. The largest absolute Gasteiger partial charge is 0.341 e. The average molecular weight is 304 g/mol. The van der Waals surface area contributed by atoms with Crippen molar-refractivity contribution in [3.63, 3.8) is 0 Å². The number of carbonyl (C=O) groups is 1. The van der Waals surface area contributed by atoms with Gasteiger partial charge in [-0.1, -0.05) is 0 Å². The van der Waals surface area contributed by atoms with Crippen molar-refractivity contribution in [3.05, 3.63) is 28.9 Å². The summed E-state index contributed by atoms with van der Waals surface area (Å²) >= 11 is 0. The highest BCUT2D eigenvalue weighted by Crippen LogP contribution is 2.22. The van der Waals surface area contributed by atoms with Gasteiger partial charge in [0, 0.05) is 44.9 Å². The Labute approximate surface area is 130 Å². The Bertz CT molecular complexity index is 578.